The summed E-state index contributed by atoms with van der Waals surface area (Å²) in [5, 5.41) is 9.62. The fourth-order valence-electron chi connectivity index (χ4n) is 3.64. The standard InChI is InChI=1S/C17H17BrF2N2O2/c1-16(2,3)24-15(23)22-6-10-11(7-22)17(10,8-21)14-12(19)4-9(18)5-13(14)20/h4-5,10-11H,6-7H2,1-3H3/t10-,11+,17+. The molecule has 0 aromatic heterocycles. The Morgan fingerprint density at radius 2 is 1.83 bits per heavy atom. The molecule has 1 aromatic carbocycles. The molecule has 24 heavy (non-hydrogen) atoms. The molecule has 1 saturated carbocycles. The van der Waals surface area contributed by atoms with Crippen molar-refractivity contribution in [1.29, 1.82) is 5.26 Å². The van der Waals surface area contributed by atoms with Crippen LogP contribution in [0.5, 0.6) is 0 Å². The van der Waals surface area contributed by atoms with Crippen LogP contribution < -0.4 is 0 Å². The van der Waals surface area contributed by atoms with Gasteiger partial charge in [-0.25, -0.2) is 13.6 Å². The van der Waals surface area contributed by atoms with E-state index < -0.39 is 28.7 Å². The number of carbonyl (C=O) groups is 1. The van der Waals surface area contributed by atoms with Gasteiger partial charge < -0.3 is 9.64 Å². The summed E-state index contributed by atoms with van der Waals surface area (Å²) in [6.07, 6.45) is -0.460. The Bertz CT molecular complexity index is 719. The number of carbonyl (C=O) groups excluding carboxylic acids is 1. The molecule has 1 aliphatic carbocycles. The maximum absolute atomic E-state index is 14.3. The molecule has 0 unspecified atom stereocenters. The predicted octanol–water partition coefficient (Wildman–Crippen LogP) is 3.99. The summed E-state index contributed by atoms with van der Waals surface area (Å²) in [4.78, 5) is 13.6. The minimum atomic E-state index is -1.20. The topological polar surface area (TPSA) is 53.3 Å². The van der Waals surface area contributed by atoms with E-state index >= 15 is 0 Å². The van der Waals surface area contributed by atoms with Gasteiger partial charge in [0.2, 0.25) is 0 Å². The van der Waals surface area contributed by atoms with Crippen LogP contribution in [-0.4, -0.2) is 29.7 Å². The smallest absolute Gasteiger partial charge is 0.410 e. The third-order valence-electron chi connectivity index (χ3n) is 4.64. The van der Waals surface area contributed by atoms with Crippen molar-refractivity contribution in [2.45, 2.75) is 31.8 Å². The molecule has 1 aliphatic heterocycles. The lowest BCUT2D eigenvalue weighted by Crippen LogP contribution is -2.39. The maximum atomic E-state index is 14.3. The second kappa shape index (κ2) is 5.41. The van der Waals surface area contributed by atoms with Crippen molar-refractivity contribution in [3.63, 3.8) is 0 Å². The maximum Gasteiger partial charge on any atom is 0.410 e. The Morgan fingerprint density at radius 1 is 1.33 bits per heavy atom. The van der Waals surface area contributed by atoms with E-state index in [1.165, 1.54) is 4.90 Å². The van der Waals surface area contributed by atoms with Crippen molar-refractivity contribution < 1.29 is 18.3 Å². The van der Waals surface area contributed by atoms with E-state index in [0.717, 1.165) is 12.1 Å². The van der Waals surface area contributed by atoms with Gasteiger partial charge >= 0.3 is 6.09 Å². The minimum absolute atomic E-state index is 0.188. The average molecular weight is 399 g/mol. The lowest BCUT2D eigenvalue weighted by atomic mass is 9.90. The first kappa shape index (κ1) is 17.2. The van der Waals surface area contributed by atoms with Crippen LogP contribution in [-0.2, 0) is 10.2 Å². The highest BCUT2D eigenvalue weighted by Crippen LogP contribution is 2.64. The van der Waals surface area contributed by atoms with E-state index in [1.807, 2.05) is 0 Å². The third kappa shape index (κ3) is 2.57. The van der Waals surface area contributed by atoms with E-state index in [4.69, 9.17) is 4.74 Å². The van der Waals surface area contributed by atoms with Crippen LogP contribution in [0.4, 0.5) is 13.6 Å². The van der Waals surface area contributed by atoms with Crippen molar-refractivity contribution in [3.05, 3.63) is 33.8 Å². The largest absolute Gasteiger partial charge is 0.444 e. The van der Waals surface area contributed by atoms with Gasteiger partial charge in [-0.3, -0.25) is 0 Å². The first-order valence-electron chi connectivity index (χ1n) is 7.64. The summed E-state index contributed by atoms with van der Waals surface area (Å²) in [5.41, 5.74) is -2.00. The molecular weight excluding hydrogens is 382 g/mol. The van der Waals surface area contributed by atoms with Gasteiger partial charge in [-0.05, 0) is 32.9 Å². The number of nitrogens with zero attached hydrogens (tertiary/aromatic N) is 2. The number of hydrogen-bond donors (Lipinski definition) is 0. The van der Waals surface area contributed by atoms with Crippen molar-refractivity contribution >= 4 is 22.0 Å². The van der Waals surface area contributed by atoms with E-state index in [-0.39, 0.29) is 35.0 Å². The molecule has 1 heterocycles. The van der Waals surface area contributed by atoms with Crippen molar-refractivity contribution in [3.8, 4) is 6.07 Å². The zero-order valence-corrected chi connectivity index (χ0v) is 15.2. The number of fused-ring (bicyclic) bond motifs is 1. The number of nitriles is 1. The molecule has 3 atom stereocenters. The number of likely N-dealkylation sites (tertiary alicyclic amines) is 1. The molecule has 0 bridgehead atoms. The van der Waals surface area contributed by atoms with Gasteiger partial charge in [-0.1, -0.05) is 15.9 Å². The van der Waals surface area contributed by atoms with Crippen LogP contribution in [0.3, 0.4) is 0 Å². The Balaban J connectivity index is 1.82. The zero-order valence-electron chi connectivity index (χ0n) is 13.6. The fraction of sp³-hybridized carbons (Fsp3) is 0.529. The lowest BCUT2D eigenvalue weighted by molar-refractivity contribution is 0.0265. The Morgan fingerprint density at radius 3 is 2.25 bits per heavy atom. The predicted molar refractivity (Wildman–Crippen MR) is 86.1 cm³/mol. The Kier molecular flexibility index (Phi) is 3.87. The minimum Gasteiger partial charge on any atom is -0.444 e. The molecule has 4 nitrogen and oxygen atoms in total. The first-order chi connectivity index (χ1) is 11.1. The Labute approximate surface area is 147 Å². The van der Waals surface area contributed by atoms with E-state index in [0.29, 0.717) is 0 Å². The zero-order chi connectivity index (χ0) is 17.9. The summed E-state index contributed by atoms with van der Waals surface area (Å²) in [6, 6.07) is 4.43. The number of amides is 1. The third-order valence-corrected chi connectivity index (χ3v) is 5.10. The number of piperidine rings is 1. The molecule has 2 fully saturated rings. The molecule has 3 rings (SSSR count). The van der Waals surface area contributed by atoms with Crippen molar-refractivity contribution in [1.82, 2.24) is 4.90 Å². The summed E-state index contributed by atoms with van der Waals surface area (Å²) >= 11 is 3.04. The number of halogens is 3. The van der Waals surface area contributed by atoms with Gasteiger partial charge in [-0.15, -0.1) is 0 Å². The second-order valence-corrected chi connectivity index (χ2v) is 8.24. The molecule has 2 aliphatic rings. The van der Waals surface area contributed by atoms with Gasteiger partial charge in [0, 0.05) is 35.0 Å². The molecule has 128 valence electrons. The summed E-state index contributed by atoms with van der Waals surface area (Å²) < 4.78 is 34.2. The van der Waals surface area contributed by atoms with Gasteiger partial charge in [-0.2, -0.15) is 5.26 Å². The molecular formula is C17H17BrF2N2O2. The second-order valence-electron chi connectivity index (χ2n) is 7.32. The molecule has 1 amide bonds. The molecule has 1 saturated heterocycles. The summed E-state index contributed by atoms with van der Waals surface area (Å²) in [5.74, 6) is -2.02. The van der Waals surface area contributed by atoms with E-state index in [2.05, 4.69) is 22.0 Å². The van der Waals surface area contributed by atoms with Crippen LogP contribution >= 0.6 is 15.9 Å². The van der Waals surface area contributed by atoms with Gasteiger partial charge in [0.1, 0.15) is 17.2 Å². The quantitative estimate of drug-likeness (QED) is 0.718. The highest BCUT2D eigenvalue weighted by Gasteiger charge is 2.72. The number of ether oxygens (including phenoxy) is 1. The number of benzene rings is 1. The molecule has 1 aromatic rings. The van der Waals surface area contributed by atoms with Crippen LogP contribution in [0.1, 0.15) is 26.3 Å². The van der Waals surface area contributed by atoms with Crippen LogP contribution in [0.15, 0.2) is 16.6 Å². The Hall–Kier alpha value is -1.68. The molecule has 0 radical (unpaired) electrons. The van der Waals surface area contributed by atoms with E-state index in [9.17, 15) is 18.8 Å². The number of rotatable bonds is 1. The monoisotopic (exact) mass is 398 g/mol. The number of hydrogen-bond acceptors (Lipinski definition) is 3. The molecule has 0 spiro atoms. The van der Waals surface area contributed by atoms with Crippen molar-refractivity contribution in [2.24, 2.45) is 11.8 Å². The SMILES string of the molecule is CC(C)(C)OC(=O)N1C[C@@H]2[C@H](C1)[C@@]2(C#N)c1c(F)cc(Br)cc1F. The first-order valence-corrected chi connectivity index (χ1v) is 8.43. The summed E-state index contributed by atoms with van der Waals surface area (Å²) in [6.45, 7) is 5.85. The normalized spacial score (nSPS) is 28.3. The fourth-order valence-corrected chi connectivity index (χ4v) is 4.04. The van der Waals surface area contributed by atoms with Crippen LogP contribution in [0, 0.1) is 34.8 Å². The van der Waals surface area contributed by atoms with Crippen molar-refractivity contribution in [2.75, 3.05) is 13.1 Å². The van der Waals surface area contributed by atoms with Crippen LogP contribution in [0.25, 0.3) is 0 Å². The highest BCUT2D eigenvalue weighted by molar-refractivity contribution is 9.10. The molecule has 7 heteroatoms. The van der Waals surface area contributed by atoms with Gasteiger partial charge in [0.15, 0.2) is 0 Å². The van der Waals surface area contributed by atoms with E-state index in [1.54, 1.807) is 20.8 Å². The average Bonchev–Trinajstić information content (AvgIpc) is 2.81. The highest BCUT2D eigenvalue weighted by atomic mass is 79.9. The lowest BCUT2D eigenvalue weighted by Gasteiger charge is -2.27. The van der Waals surface area contributed by atoms with Crippen LogP contribution in [0.2, 0.25) is 0 Å². The molecule has 0 N–H and O–H groups in total. The van der Waals surface area contributed by atoms with Gasteiger partial charge in [0.05, 0.1) is 11.5 Å². The van der Waals surface area contributed by atoms with Gasteiger partial charge in [0.25, 0.3) is 0 Å². The summed E-state index contributed by atoms with van der Waals surface area (Å²) in [7, 11) is 0.